The Hall–Kier alpha value is -1.36. The van der Waals surface area contributed by atoms with E-state index in [4.69, 9.17) is 9.26 Å². The zero-order chi connectivity index (χ0) is 13.2. The highest BCUT2D eigenvalue weighted by Crippen LogP contribution is 2.32. The number of para-hydroxylation sites is 1. The summed E-state index contributed by atoms with van der Waals surface area (Å²) in [5.41, 5.74) is 1.20. The molecule has 5 heteroatoms. The van der Waals surface area contributed by atoms with Gasteiger partial charge < -0.3 is 9.26 Å². The third kappa shape index (κ3) is 2.52. The minimum absolute atomic E-state index is 0.130. The van der Waals surface area contributed by atoms with Gasteiger partial charge in [-0.1, -0.05) is 46.2 Å². The predicted octanol–water partition coefficient (Wildman–Crippen LogP) is 3.63. The van der Waals surface area contributed by atoms with Crippen LogP contribution in [0.2, 0.25) is 0 Å². The van der Waals surface area contributed by atoms with Gasteiger partial charge in [0.2, 0.25) is 5.89 Å². The van der Waals surface area contributed by atoms with Crippen molar-refractivity contribution in [2.75, 3.05) is 6.61 Å². The lowest BCUT2D eigenvalue weighted by Crippen LogP contribution is -2.20. The summed E-state index contributed by atoms with van der Waals surface area (Å²) in [5.74, 6) is 2.53. The maximum atomic E-state index is 5.75. The number of nitrogens with zero attached hydrogens (tertiary/aromatic N) is 2. The zero-order valence-electron chi connectivity index (χ0n) is 10.7. The molecule has 2 atom stereocenters. The second kappa shape index (κ2) is 5.33. The van der Waals surface area contributed by atoms with Crippen molar-refractivity contribution in [2.45, 2.75) is 30.5 Å². The Labute approximate surface area is 120 Å². The number of hydrogen-bond acceptors (Lipinski definition) is 4. The summed E-state index contributed by atoms with van der Waals surface area (Å²) in [6.45, 7) is 2.68. The van der Waals surface area contributed by atoms with Crippen molar-refractivity contribution in [2.24, 2.45) is 0 Å². The van der Waals surface area contributed by atoms with Crippen LogP contribution in [0.5, 0.6) is 5.75 Å². The molecule has 100 valence electrons. The molecule has 0 bridgehead atoms. The maximum Gasteiger partial charge on any atom is 0.240 e. The molecule has 0 aliphatic carbocycles. The number of alkyl halides is 1. The predicted molar refractivity (Wildman–Crippen MR) is 74.6 cm³/mol. The highest BCUT2D eigenvalue weighted by Gasteiger charge is 2.26. The molecule has 0 saturated heterocycles. The molecule has 3 rings (SSSR count). The molecule has 2 unspecified atom stereocenters. The van der Waals surface area contributed by atoms with E-state index in [2.05, 4.69) is 39.1 Å². The van der Waals surface area contributed by atoms with Crippen LogP contribution in [0.1, 0.15) is 41.4 Å². The van der Waals surface area contributed by atoms with Crippen molar-refractivity contribution in [1.82, 2.24) is 10.1 Å². The topological polar surface area (TPSA) is 48.2 Å². The van der Waals surface area contributed by atoms with Crippen LogP contribution in [0.25, 0.3) is 0 Å². The molecule has 2 heterocycles. The normalized spacial score (nSPS) is 19.6. The van der Waals surface area contributed by atoms with E-state index in [1.807, 2.05) is 18.2 Å². The Morgan fingerprint density at radius 3 is 3.11 bits per heavy atom. The first kappa shape index (κ1) is 12.7. The largest absolute Gasteiger partial charge is 0.493 e. The molecule has 0 radical (unpaired) electrons. The van der Waals surface area contributed by atoms with Gasteiger partial charge in [-0.05, 0) is 24.5 Å². The molecule has 0 spiro atoms. The van der Waals surface area contributed by atoms with Gasteiger partial charge in [0.1, 0.15) is 5.75 Å². The van der Waals surface area contributed by atoms with E-state index in [1.165, 1.54) is 5.56 Å². The van der Waals surface area contributed by atoms with Gasteiger partial charge >= 0.3 is 0 Å². The smallest absolute Gasteiger partial charge is 0.240 e. The second-order valence-corrected chi connectivity index (χ2v) is 5.79. The summed E-state index contributed by atoms with van der Waals surface area (Å²) in [7, 11) is 0. The van der Waals surface area contributed by atoms with Gasteiger partial charge in [0.05, 0.1) is 17.4 Å². The van der Waals surface area contributed by atoms with Gasteiger partial charge in [0.25, 0.3) is 0 Å². The van der Waals surface area contributed by atoms with E-state index < -0.39 is 0 Å². The molecule has 0 saturated carbocycles. The van der Waals surface area contributed by atoms with Crippen LogP contribution < -0.4 is 4.74 Å². The molecule has 1 aromatic carbocycles. The minimum Gasteiger partial charge on any atom is -0.493 e. The Morgan fingerprint density at radius 2 is 2.26 bits per heavy atom. The standard InChI is InChI=1S/C14H15BrN2O2/c1-2-11(15)14-16-13(17-19-14)10-7-9-5-3-4-6-12(9)18-8-10/h3-6,10-11H,2,7-8H2,1H3. The Kier molecular flexibility index (Phi) is 3.55. The lowest BCUT2D eigenvalue weighted by atomic mass is 9.96. The average Bonchev–Trinajstić information content (AvgIpc) is 2.95. The third-order valence-electron chi connectivity index (χ3n) is 3.33. The number of rotatable bonds is 3. The van der Waals surface area contributed by atoms with E-state index in [9.17, 15) is 0 Å². The van der Waals surface area contributed by atoms with Crippen molar-refractivity contribution in [1.29, 1.82) is 0 Å². The zero-order valence-corrected chi connectivity index (χ0v) is 12.3. The van der Waals surface area contributed by atoms with Crippen LogP contribution >= 0.6 is 15.9 Å². The Bertz CT molecular complexity index is 570. The van der Waals surface area contributed by atoms with Crippen LogP contribution in [0.4, 0.5) is 0 Å². The first-order valence-corrected chi connectivity index (χ1v) is 7.37. The number of benzene rings is 1. The van der Waals surface area contributed by atoms with E-state index in [0.29, 0.717) is 12.5 Å². The minimum atomic E-state index is 0.130. The van der Waals surface area contributed by atoms with Crippen LogP contribution in [0.3, 0.4) is 0 Å². The molecule has 0 N–H and O–H groups in total. The van der Waals surface area contributed by atoms with Crippen molar-refractivity contribution >= 4 is 15.9 Å². The van der Waals surface area contributed by atoms with Crippen LogP contribution in [-0.4, -0.2) is 16.7 Å². The summed E-state index contributed by atoms with van der Waals surface area (Å²) in [6, 6.07) is 8.10. The first-order valence-electron chi connectivity index (χ1n) is 6.46. The summed E-state index contributed by atoms with van der Waals surface area (Å²) in [5, 5.41) is 4.09. The molecule has 4 nitrogen and oxygen atoms in total. The van der Waals surface area contributed by atoms with Gasteiger partial charge in [-0.2, -0.15) is 4.98 Å². The first-order chi connectivity index (χ1) is 9.28. The third-order valence-corrected chi connectivity index (χ3v) is 4.37. The number of ether oxygens (including phenoxy) is 1. The van der Waals surface area contributed by atoms with Crippen LogP contribution in [0.15, 0.2) is 28.8 Å². The van der Waals surface area contributed by atoms with Gasteiger partial charge in [-0.15, -0.1) is 0 Å². The highest BCUT2D eigenvalue weighted by atomic mass is 79.9. The summed E-state index contributed by atoms with van der Waals surface area (Å²) < 4.78 is 11.0. The summed E-state index contributed by atoms with van der Waals surface area (Å²) in [6.07, 6.45) is 1.82. The fourth-order valence-electron chi connectivity index (χ4n) is 2.21. The van der Waals surface area contributed by atoms with Crippen molar-refractivity contribution < 1.29 is 9.26 Å². The molecular weight excluding hydrogens is 308 g/mol. The van der Waals surface area contributed by atoms with Crippen molar-refractivity contribution in [3.63, 3.8) is 0 Å². The number of fused-ring (bicyclic) bond motifs is 1. The number of halogens is 1. The van der Waals surface area contributed by atoms with E-state index >= 15 is 0 Å². The maximum absolute atomic E-state index is 5.75. The summed E-state index contributed by atoms with van der Waals surface area (Å²) >= 11 is 3.52. The highest BCUT2D eigenvalue weighted by molar-refractivity contribution is 9.09. The van der Waals surface area contributed by atoms with E-state index in [-0.39, 0.29) is 10.7 Å². The second-order valence-electron chi connectivity index (χ2n) is 4.69. The van der Waals surface area contributed by atoms with Crippen molar-refractivity contribution in [3.8, 4) is 5.75 Å². The monoisotopic (exact) mass is 322 g/mol. The molecule has 1 aliphatic heterocycles. The van der Waals surface area contributed by atoms with Crippen LogP contribution in [0, 0.1) is 0 Å². The van der Waals surface area contributed by atoms with Gasteiger partial charge in [0.15, 0.2) is 5.82 Å². The Morgan fingerprint density at radius 1 is 1.42 bits per heavy atom. The molecule has 0 amide bonds. The van der Waals surface area contributed by atoms with Gasteiger partial charge in [0, 0.05) is 0 Å². The molecule has 1 aliphatic rings. The van der Waals surface area contributed by atoms with Crippen LogP contribution in [-0.2, 0) is 6.42 Å². The lowest BCUT2D eigenvalue weighted by Gasteiger charge is -2.22. The lowest BCUT2D eigenvalue weighted by molar-refractivity contribution is 0.253. The molecule has 19 heavy (non-hydrogen) atoms. The summed E-state index contributed by atoms with van der Waals surface area (Å²) in [4.78, 5) is 4.60. The molecule has 0 fully saturated rings. The van der Waals surface area contributed by atoms with E-state index in [1.54, 1.807) is 0 Å². The quantitative estimate of drug-likeness (QED) is 0.809. The van der Waals surface area contributed by atoms with Gasteiger partial charge in [-0.3, -0.25) is 0 Å². The molecule has 2 aromatic rings. The van der Waals surface area contributed by atoms with Crippen molar-refractivity contribution in [3.05, 3.63) is 41.5 Å². The fraction of sp³-hybridized carbons (Fsp3) is 0.429. The SMILES string of the molecule is CCC(Br)c1nc(C2COc3ccccc3C2)no1. The fourth-order valence-corrected chi connectivity index (χ4v) is 2.39. The van der Waals surface area contributed by atoms with E-state index in [0.717, 1.165) is 24.4 Å². The Balaban J connectivity index is 1.79. The molecule has 1 aromatic heterocycles. The van der Waals surface area contributed by atoms with Gasteiger partial charge in [-0.25, -0.2) is 0 Å². The molecular formula is C14H15BrN2O2. The average molecular weight is 323 g/mol. The number of aromatic nitrogens is 2. The number of hydrogen-bond donors (Lipinski definition) is 0.